The smallest absolute Gasteiger partial charge is 0.204 e. The van der Waals surface area contributed by atoms with Gasteiger partial charge in [0.05, 0.1) is 17.7 Å². The number of anilines is 1. The highest BCUT2D eigenvalue weighted by Gasteiger charge is 2.43. The number of thiazole rings is 1. The summed E-state index contributed by atoms with van der Waals surface area (Å²) >= 11 is 1.07. The third kappa shape index (κ3) is 3.71. The largest absolute Gasteiger partial charge is 0.394 e. The van der Waals surface area contributed by atoms with Crippen molar-refractivity contribution in [3.63, 3.8) is 0 Å². The van der Waals surface area contributed by atoms with Gasteiger partial charge in [0, 0.05) is 5.56 Å². The lowest BCUT2D eigenvalue weighted by Crippen LogP contribution is -2.60. The Bertz CT molecular complexity index is 722. The summed E-state index contributed by atoms with van der Waals surface area (Å²) in [5.41, 5.74) is 0.533. The zero-order valence-corrected chi connectivity index (χ0v) is 13.8. The van der Waals surface area contributed by atoms with E-state index in [1.165, 1.54) is 6.20 Å². The van der Waals surface area contributed by atoms with Crippen LogP contribution in [0.15, 0.2) is 36.5 Å². The van der Waals surface area contributed by atoms with Crippen LogP contribution in [0.5, 0.6) is 0 Å². The molecule has 9 heteroatoms. The SMILES string of the molecule is O=C(c1ccccc1)c1cnc(NC2OC(CO)C(O)C(O)C2O)s1. The van der Waals surface area contributed by atoms with Crippen molar-refractivity contribution in [1.82, 2.24) is 4.98 Å². The summed E-state index contributed by atoms with van der Waals surface area (Å²) in [6, 6.07) is 8.75. The molecule has 3 rings (SSSR count). The number of carbonyl (C=O) groups is 1. The van der Waals surface area contributed by atoms with Gasteiger partial charge >= 0.3 is 0 Å². The highest BCUT2D eigenvalue weighted by molar-refractivity contribution is 7.17. The maximum atomic E-state index is 12.4. The molecule has 5 N–H and O–H groups in total. The van der Waals surface area contributed by atoms with E-state index in [4.69, 9.17) is 4.74 Å². The van der Waals surface area contributed by atoms with Crippen molar-refractivity contribution in [1.29, 1.82) is 0 Å². The number of rotatable bonds is 5. The molecule has 2 heterocycles. The van der Waals surface area contributed by atoms with E-state index >= 15 is 0 Å². The van der Waals surface area contributed by atoms with Gasteiger partial charge in [-0.1, -0.05) is 41.7 Å². The predicted molar refractivity (Wildman–Crippen MR) is 89.4 cm³/mol. The summed E-state index contributed by atoms with van der Waals surface area (Å²) in [6.45, 7) is -0.515. The Labute approximate surface area is 147 Å². The lowest BCUT2D eigenvalue weighted by Gasteiger charge is -2.40. The topological polar surface area (TPSA) is 132 Å². The number of ether oxygens (including phenoxy) is 1. The summed E-state index contributed by atoms with van der Waals surface area (Å²) in [4.78, 5) is 16.8. The number of benzene rings is 1. The van der Waals surface area contributed by atoms with Gasteiger partial charge in [-0.15, -0.1) is 0 Å². The Morgan fingerprint density at radius 2 is 1.88 bits per heavy atom. The van der Waals surface area contributed by atoms with Crippen LogP contribution in [-0.4, -0.2) is 68.4 Å². The minimum atomic E-state index is -1.48. The van der Waals surface area contributed by atoms with Gasteiger partial charge in [-0.05, 0) is 0 Å². The summed E-state index contributed by atoms with van der Waals surface area (Å²) in [5.74, 6) is -0.181. The maximum absolute atomic E-state index is 12.4. The van der Waals surface area contributed by atoms with Crippen LogP contribution in [0, 0.1) is 0 Å². The van der Waals surface area contributed by atoms with E-state index in [0.29, 0.717) is 15.6 Å². The molecule has 1 aliphatic heterocycles. The Kier molecular flexibility index (Phi) is 5.42. The Morgan fingerprint density at radius 3 is 2.56 bits per heavy atom. The van der Waals surface area contributed by atoms with Crippen LogP contribution in [-0.2, 0) is 4.74 Å². The highest BCUT2D eigenvalue weighted by atomic mass is 32.1. The second kappa shape index (κ2) is 7.56. The highest BCUT2D eigenvalue weighted by Crippen LogP contribution is 2.26. The lowest BCUT2D eigenvalue weighted by atomic mass is 9.98. The van der Waals surface area contributed by atoms with Crippen molar-refractivity contribution in [2.75, 3.05) is 11.9 Å². The Morgan fingerprint density at radius 1 is 1.16 bits per heavy atom. The molecule has 0 spiro atoms. The zero-order valence-electron chi connectivity index (χ0n) is 13.0. The number of nitrogens with zero attached hydrogens (tertiary/aromatic N) is 1. The Balaban J connectivity index is 1.72. The molecule has 0 radical (unpaired) electrons. The van der Waals surface area contributed by atoms with Crippen molar-refractivity contribution < 1.29 is 30.0 Å². The third-order valence-corrected chi connectivity index (χ3v) is 4.85. The number of aromatic nitrogens is 1. The quantitative estimate of drug-likeness (QED) is 0.451. The first-order valence-electron chi connectivity index (χ1n) is 7.64. The van der Waals surface area contributed by atoms with Gasteiger partial charge in [0.15, 0.2) is 11.4 Å². The number of hydrogen-bond donors (Lipinski definition) is 5. The van der Waals surface area contributed by atoms with Crippen molar-refractivity contribution in [3.8, 4) is 0 Å². The van der Waals surface area contributed by atoms with Gasteiger partial charge in [-0.2, -0.15) is 0 Å². The fourth-order valence-corrected chi connectivity index (χ4v) is 3.32. The van der Waals surface area contributed by atoms with E-state index in [1.807, 2.05) is 6.07 Å². The van der Waals surface area contributed by atoms with Crippen molar-refractivity contribution >= 4 is 22.3 Å². The van der Waals surface area contributed by atoms with E-state index < -0.39 is 37.3 Å². The summed E-state index contributed by atoms with van der Waals surface area (Å²) in [5, 5.41) is 41.8. The molecule has 8 nitrogen and oxygen atoms in total. The van der Waals surface area contributed by atoms with E-state index in [9.17, 15) is 25.2 Å². The second-order valence-electron chi connectivity index (χ2n) is 5.62. The molecule has 134 valence electrons. The molecule has 1 aliphatic rings. The van der Waals surface area contributed by atoms with E-state index in [2.05, 4.69) is 10.3 Å². The van der Waals surface area contributed by atoms with Crippen molar-refractivity contribution in [2.24, 2.45) is 0 Å². The molecule has 5 atom stereocenters. The van der Waals surface area contributed by atoms with Crippen LogP contribution in [0.25, 0.3) is 0 Å². The van der Waals surface area contributed by atoms with Gasteiger partial charge in [-0.25, -0.2) is 4.98 Å². The molecule has 0 amide bonds. The van der Waals surface area contributed by atoms with Gasteiger partial charge in [-0.3, -0.25) is 4.79 Å². The van der Waals surface area contributed by atoms with Crippen LogP contribution < -0.4 is 5.32 Å². The normalized spacial score (nSPS) is 29.4. The maximum Gasteiger partial charge on any atom is 0.204 e. The molecule has 0 aliphatic carbocycles. The number of aliphatic hydroxyl groups is 4. The molecule has 0 saturated carbocycles. The van der Waals surface area contributed by atoms with Gasteiger partial charge < -0.3 is 30.5 Å². The van der Waals surface area contributed by atoms with E-state index in [0.717, 1.165) is 11.3 Å². The molecule has 5 unspecified atom stereocenters. The number of nitrogens with one attached hydrogen (secondary N) is 1. The average Bonchev–Trinajstić information content (AvgIpc) is 3.11. The molecule has 1 saturated heterocycles. The molecule has 1 fully saturated rings. The first kappa shape index (κ1) is 17.9. The molecular weight excluding hydrogens is 348 g/mol. The molecular formula is C16H18N2O6S. The third-order valence-electron chi connectivity index (χ3n) is 3.92. The zero-order chi connectivity index (χ0) is 18.0. The van der Waals surface area contributed by atoms with Crippen LogP contribution in [0.2, 0.25) is 0 Å². The molecule has 1 aromatic carbocycles. The molecule has 25 heavy (non-hydrogen) atoms. The van der Waals surface area contributed by atoms with Gasteiger partial charge in [0.2, 0.25) is 5.78 Å². The van der Waals surface area contributed by atoms with Crippen LogP contribution >= 0.6 is 11.3 Å². The second-order valence-corrected chi connectivity index (χ2v) is 6.65. The number of aliphatic hydroxyl groups excluding tert-OH is 4. The van der Waals surface area contributed by atoms with Crippen LogP contribution in [0.3, 0.4) is 0 Å². The summed E-state index contributed by atoms with van der Waals surface area (Å²) in [6.07, 6.45) is -5.01. The number of hydrogen-bond acceptors (Lipinski definition) is 9. The minimum Gasteiger partial charge on any atom is -0.394 e. The van der Waals surface area contributed by atoms with E-state index in [-0.39, 0.29) is 5.78 Å². The summed E-state index contributed by atoms with van der Waals surface area (Å²) in [7, 11) is 0. The summed E-state index contributed by atoms with van der Waals surface area (Å²) < 4.78 is 5.35. The number of ketones is 1. The molecule has 0 bridgehead atoms. The number of carbonyl (C=O) groups excluding carboxylic acids is 1. The molecule has 2 aromatic rings. The average molecular weight is 366 g/mol. The predicted octanol–water partition coefficient (Wildman–Crippen LogP) is -0.414. The minimum absolute atomic E-state index is 0.181. The standard InChI is InChI=1S/C16H18N2O6S/c19-7-9-12(21)13(22)14(23)15(24-9)18-16-17-6-10(25-16)11(20)8-4-2-1-3-5-8/h1-6,9,12-15,19,21-23H,7H2,(H,17,18). The lowest BCUT2D eigenvalue weighted by molar-refractivity contribution is -0.221. The van der Waals surface area contributed by atoms with Gasteiger partial charge in [0.1, 0.15) is 24.4 Å². The first-order chi connectivity index (χ1) is 12.0. The first-order valence-corrected chi connectivity index (χ1v) is 8.45. The van der Waals surface area contributed by atoms with Crippen LogP contribution in [0.4, 0.5) is 5.13 Å². The van der Waals surface area contributed by atoms with Crippen molar-refractivity contribution in [2.45, 2.75) is 30.6 Å². The monoisotopic (exact) mass is 366 g/mol. The fraction of sp³-hybridized carbons (Fsp3) is 0.375. The Hall–Kier alpha value is -1.88. The van der Waals surface area contributed by atoms with Crippen LogP contribution in [0.1, 0.15) is 15.2 Å². The molecule has 1 aromatic heterocycles. The van der Waals surface area contributed by atoms with Gasteiger partial charge in [0.25, 0.3) is 0 Å². The fourth-order valence-electron chi connectivity index (χ4n) is 2.52. The van der Waals surface area contributed by atoms with Crippen molar-refractivity contribution in [3.05, 3.63) is 47.0 Å². The van der Waals surface area contributed by atoms with E-state index in [1.54, 1.807) is 24.3 Å².